The van der Waals surface area contributed by atoms with Crippen LogP contribution in [0, 0.1) is 4.77 Å². The molecule has 3 aromatic rings. The van der Waals surface area contributed by atoms with Crippen LogP contribution in [0.5, 0.6) is 0 Å². The molecule has 0 saturated heterocycles. The molecule has 0 saturated carbocycles. The van der Waals surface area contributed by atoms with Crippen molar-refractivity contribution < 1.29 is 0 Å². The zero-order valence-corrected chi connectivity index (χ0v) is 10.9. The van der Waals surface area contributed by atoms with Gasteiger partial charge in [-0.05, 0) is 30.4 Å². The molecule has 0 aliphatic carbocycles. The lowest BCUT2D eigenvalue weighted by molar-refractivity contribution is 1.19. The maximum Gasteiger partial charge on any atom is 0.197 e. The molecule has 1 N–H and O–H groups in total. The van der Waals surface area contributed by atoms with Crippen molar-refractivity contribution in [3.05, 3.63) is 58.3 Å². The van der Waals surface area contributed by atoms with Gasteiger partial charge in [0.25, 0.3) is 0 Å². The van der Waals surface area contributed by atoms with Gasteiger partial charge in [0.05, 0.1) is 5.69 Å². The lowest BCUT2D eigenvalue weighted by Gasteiger charge is -2.06. The molecule has 2 aromatic carbocycles. The number of fused-ring (bicyclic) bond motifs is 1. The highest BCUT2D eigenvalue weighted by molar-refractivity contribution is 7.71. The molecule has 4 heteroatoms. The molecule has 1 aromatic heterocycles. The second-order valence-corrected chi connectivity index (χ2v) is 4.77. The van der Waals surface area contributed by atoms with E-state index < -0.39 is 0 Å². The van der Waals surface area contributed by atoms with Gasteiger partial charge >= 0.3 is 0 Å². The number of hydrogen-bond donors (Lipinski definition) is 1. The summed E-state index contributed by atoms with van der Waals surface area (Å²) in [5, 5.41) is 1.66. The highest BCUT2D eigenvalue weighted by Crippen LogP contribution is 2.27. The van der Waals surface area contributed by atoms with E-state index in [-0.39, 0.29) is 0 Å². The van der Waals surface area contributed by atoms with Crippen LogP contribution in [0.3, 0.4) is 0 Å². The maximum atomic E-state index is 6.05. The van der Waals surface area contributed by atoms with Gasteiger partial charge in [0.15, 0.2) is 4.77 Å². The first kappa shape index (κ1) is 11.4. The molecule has 0 aliphatic rings. The van der Waals surface area contributed by atoms with Gasteiger partial charge in [0.2, 0.25) is 0 Å². The summed E-state index contributed by atoms with van der Waals surface area (Å²) in [5.74, 6) is 0. The lowest BCUT2D eigenvalue weighted by atomic mass is 10.1. The minimum atomic E-state index is 0.476. The first-order chi connectivity index (χ1) is 8.74. The molecule has 1 heterocycles. The van der Waals surface area contributed by atoms with E-state index in [2.05, 4.69) is 9.97 Å². The third-order valence-electron chi connectivity index (χ3n) is 2.74. The van der Waals surface area contributed by atoms with Crippen molar-refractivity contribution >= 4 is 34.7 Å². The molecule has 0 atom stereocenters. The molecule has 2 nitrogen and oxygen atoms in total. The summed E-state index contributed by atoms with van der Waals surface area (Å²) >= 11 is 11.2. The summed E-state index contributed by atoms with van der Waals surface area (Å²) in [4.78, 5) is 7.49. The Morgan fingerprint density at radius 2 is 1.83 bits per heavy atom. The third-order valence-corrected chi connectivity index (χ3v) is 3.17. The Bertz CT molecular complexity index is 766. The van der Waals surface area contributed by atoms with E-state index in [1.165, 1.54) is 0 Å². The zero-order chi connectivity index (χ0) is 12.5. The van der Waals surface area contributed by atoms with Gasteiger partial charge in [0.1, 0.15) is 0 Å². The van der Waals surface area contributed by atoms with Crippen molar-refractivity contribution in [2.45, 2.75) is 0 Å². The third kappa shape index (κ3) is 2.03. The quantitative estimate of drug-likeness (QED) is 0.655. The molecule has 0 aliphatic heterocycles. The topological polar surface area (TPSA) is 28.7 Å². The first-order valence-corrected chi connectivity index (χ1v) is 6.28. The standard InChI is InChI=1S/C14H9ClN2S/c15-10-6-7-12-11(8-10)13(17-14(18)16-12)9-4-2-1-3-5-9/h1-8H,(H,16,17,18). The molecule has 18 heavy (non-hydrogen) atoms. The number of rotatable bonds is 1. The average molecular weight is 273 g/mol. The smallest absolute Gasteiger partial charge is 0.197 e. The zero-order valence-electron chi connectivity index (χ0n) is 9.35. The molecular weight excluding hydrogens is 264 g/mol. The summed E-state index contributed by atoms with van der Waals surface area (Å²) in [6.07, 6.45) is 0. The van der Waals surface area contributed by atoms with Crippen LogP contribution in [0.2, 0.25) is 5.02 Å². The molecule has 88 valence electrons. The fourth-order valence-electron chi connectivity index (χ4n) is 1.94. The monoisotopic (exact) mass is 272 g/mol. The number of benzene rings is 2. The Kier molecular flexibility index (Phi) is 2.86. The van der Waals surface area contributed by atoms with Gasteiger partial charge < -0.3 is 4.98 Å². The Balaban J connectivity index is 2.41. The van der Waals surface area contributed by atoms with Gasteiger partial charge in [-0.2, -0.15) is 0 Å². The molecule has 0 unspecified atom stereocenters. The lowest BCUT2D eigenvalue weighted by Crippen LogP contribution is -1.90. The van der Waals surface area contributed by atoms with Crippen LogP contribution in [-0.2, 0) is 0 Å². The van der Waals surface area contributed by atoms with Gasteiger partial charge in [0, 0.05) is 21.5 Å². The van der Waals surface area contributed by atoms with Crippen molar-refractivity contribution in [2.24, 2.45) is 0 Å². The number of hydrogen-bond acceptors (Lipinski definition) is 2. The highest BCUT2D eigenvalue weighted by Gasteiger charge is 2.06. The second kappa shape index (κ2) is 4.52. The van der Waals surface area contributed by atoms with E-state index in [0.717, 1.165) is 22.2 Å². The molecule has 0 radical (unpaired) electrons. The average Bonchev–Trinajstić information content (AvgIpc) is 2.39. The van der Waals surface area contributed by atoms with E-state index >= 15 is 0 Å². The number of aromatic amines is 1. The van der Waals surface area contributed by atoms with Crippen molar-refractivity contribution in [3.8, 4) is 11.3 Å². The van der Waals surface area contributed by atoms with Crippen LogP contribution in [0.25, 0.3) is 22.2 Å². The van der Waals surface area contributed by atoms with Gasteiger partial charge in [-0.25, -0.2) is 4.98 Å². The number of nitrogens with zero attached hydrogens (tertiary/aromatic N) is 1. The van der Waals surface area contributed by atoms with Crippen LogP contribution >= 0.6 is 23.8 Å². The summed E-state index contributed by atoms with van der Waals surface area (Å²) < 4.78 is 0.476. The summed E-state index contributed by atoms with van der Waals surface area (Å²) in [6, 6.07) is 15.6. The SMILES string of the molecule is S=c1nc(-c2ccccc2)c2cc(Cl)ccc2[nH]1. The Labute approximate surface area is 114 Å². The van der Waals surface area contributed by atoms with Crippen LogP contribution in [0.15, 0.2) is 48.5 Å². The fourth-order valence-corrected chi connectivity index (χ4v) is 2.32. The highest BCUT2D eigenvalue weighted by atomic mass is 35.5. The minimum absolute atomic E-state index is 0.476. The van der Waals surface area contributed by atoms with Crippen molar-refractivity contribution in [1.29, 1.82) is 0 Å². The molecule has 0 spiro atoms. The van der Waals surface area contributed by atoms with Crippen molar-refractivity contribution in [3.63, 3.8) is 0 Å². The van der Waals surface area contributed by atoms with E-state index in [1.807, 2.05) is 48.5 Å². The second-order valence-electron chi connectivity index (χ2n) is 3.95. The minimum Gasteiger partial charge on any atom is -0.330 e. The Hall–Kier alpha value is -1.71. The molecule has 3 rings (SSSR count). The Morgan fingerprint density at radius 1 is 1.06 bits per heavy atom. The van der Waals surface area contributed by atoms with Gasteiger partial charge in [-0.3, -0.25) is 0 Å². The molecule has 0 bridgehead atoms. The summed E-state index contributed by atoms with van der Waals surface area (Å²) in [5.41, 5.74) is 2.83. The predicted octanol–water partition coefficient (Wildman–Crippen LogP) is 4.61. The molecule has 0 fully saturated rings. The first-order valence-electron chi connectivity index (χ1n) is 5.49. The Morgan fingerprint density at radius 3 is 2.61 bits per heavy atom. The van der Waals surface area contributed by atoms with Gasteiger partial charge in [-0.15, -0.1) is 0 Å². The van der Waals surface area contributed by atoms with Crippen LogP contribution < -0.4 is 0 Å². The van der Waals surface area contributed by atoms with E-state index in [0.29, 0.717) is 9.79 Å². The summed E-state index contributed by atoms with van der Waals surface area (Å²) in [6.45, 7) is 0. The van der Waals surface area contributed by atoms with Gasteiger partial charge in [-0.1, -0.05) is 41.9 Å². The van der Waals surface area contributed by atoms with Crippen LogP contribution in [0.4, 0.5) is 0 Å². The van der Waals surface area contributed by atoms with Crippen LogP contribution in [0.1, 0.15) is 0 Å². The van der Waals surface area contributed by atoms with Crippen molar-refractivity contribution in [2.75, 3.05) is 0 Å². The van der Waals surface area contributed by atoms with E-state index in [4.69, 9.17) is 23.8 Å². The van der Waals surface area contributed by atoms with E-state index in [1.54, 1.807) is 0 Å². The van der Waals surface area contributed by atoms with Crippen LogP contribution in [-0.4, -0.2) is 9.97 Å². The molecule has 0 amide bonds. The number of aromatic nitrogens is 2. The maximum absolute atomic E-state index is 6.05. The fraction of sp³-hybridized carbons (Fsp3) is 0. The number of nitrogens with one attached hydrogen (secondary N) is 1. The van der Waals surface area contributed by atoms with E-state index in [9.17, 15) is 0 Å². The molecular formula is C14H9ClN2S. The largest absolute Gasteiger partial charge is 0.330 e. The summed E-state index contributed by atoms with van der Waals surface area (Å²) in [7, 11) is 0. The normalized spacial score (nSPS) is 10.7. The number of halogens is 1. The predicted molar refractivity (Wildman–Crippen MR) is 77.4 cm³/mol. The number of H-pyrrole nitrogens is 1. The van der Waals surface area contributed by atoms with Crippen molar-refractivity contribution in [1.82, 2.24) is 9.97 Å².